The van der Waals surface area contributed by atoms with Crippen molar-refractivity contribution in [2.24, 2.45) is 11.8 Å². The molecule has 0 amide bonds. The Morgan fingerprint density at radius 2 is 0.909 bits per heavy atom. The third-order valence-electron chi connectivity index (χ3n) is 7.10. The van der Waals surface area contributed by atoms with Gasteiger partial charge in [0.15, 0.2) is 0 Å². The number of halogens is 4. The molecular formula is C25H36BF4P2Rh-. The smallest absolute Gasteiger partial charge is 0.418 e. The Kier molecular flexibility index (Phi) is 11.3. The van der Waals surface area contributed by atoms with E-state index in [2.05, 4.69) is 76.3 Å². The van der Waals surface area contributed by atoms with Crippen LogP contribution >= 0.6 is 15.8 Å². The number of fused-ring (bicyclic) bond motifs is 2. The van der Waals surface area contributed by atoms with E-state index in [1.807, 2.05) is 0 Å². The van der Waals surface area contributed by atoms with Crippen LogP contribution in [-0.4, -0.2) is 29.9 Å². The molecule has 0 spiro atoms. The zero-order valence-corrected chi connectivity index (χ0v) is 23.4. The second-order valence-corrected chi connectivity index (χ2v) is 15.8. The van der Waals surface area contributed by atoms with E-state index in [0.29, 0.717) is 0 Å². The van der Waals surface area contributed by atoms with Gasteiger partial charge in [-0.3, -0.25) is 0 Å². The molecular weight excluding hydrogens is 552 g/mol. The molecule has 0 unspecified atom stereocenters. The summed E-state index contributed by atoms with van der Waals surface area (Å²) in [7, 11) is -5.84. The van der Waals surface area contributed by atoms with Crippen LogP contribution in [0.3, 0.4) is 0 Å². The van der Waals surface area contributed by atoms with Crippen molar-refractivity contribution in [3.05, 3.63) is 48.6 Å². The van der Waals surface area contributed by atoms with Gasteiger partial charge in [0.25, 0.3) is 0 Å². The maximum absolute atomic E-state index is 9.75. The van der Waals surface area contributed by atoms with Gasteiger partial charge in [-0.1, -0.05) is 92.1 Å². The van der Waals surface area contributed by atoms with Crippen LogP contribution in [0, 0.1) is 11.8 Å². The van der Waals surface area contributed by atoms with E-state index < -0.39 is 7.25 Å². The first kappa shape index (κ1) is 29.2. The van der Waals surface area contributed by atoms with E-state index in [1.54, 1.807) is 10.6 Å². The molecule has 2 aliphatic heterocycles. The van der Waals surface area contributed by atoms with E-state index in [4.69, 9.17) is 0 Å². The van der Waals surface area contributed by atoms with Crippen molar-refractivity contribution in [2.45, 2.75) is 82.4 Å². The number of hydrogen-bond donors (Lipinski definition) is 0. The monoisotopic (exact) mass is 588 g/mol. The van der Waals surface area contributed by atoms with E-state index in [-0.39, 0.29) is 35.3 Å². The van der Waals surface area contributed by atoms with Crippen molar-refractivity contribution >= 4 is 33.7 Å². The summed E-state index contributed by atoms with van der Waals surface area (Å²) in [5, 5.41) is 3.57. The molecule has 0 aromatic heterocycles. The minimum Gasteiger partial charge on any atom is -0.418 e. The van der Waals surface area contributed by atoms with Crippen LogP contribution in [0.5, 0.6) is 0 Å². The Balaban J connectivity index is 0.000000243. The molecule has 33 heavy (non-hydrogen) atoms. The number of allylic oxidation sites excluding steroid dienone is 4. The van der Waals surface area contributed by atoms with Gasteiger partial charge in [-0.2, -0.15) is 0 Å². The van der Waals surface area contributed by atoms with E-state index in [0.717, 1.165) is 34.5 Å². The summed E-state index contributed by atoms with van der Waals surface area (Å²) in [4.78, 5) is 0. The fourth-order valence-electron chi connectivity index (χ4n) is 5.57. The number of hydrogen-bond acceptors (Lipinski definition) is 0. The minimum atomic E-state index is -6.00. The Bertz CT molecular complexity index is 719. The average molecular weight is 588 g/mol. The van der Waals surface area contributed by atoms with Crippen molar-refractivity contribution in [2.75, 3.05) is 0 Å². The van der Waals surface area contributed by atoms with Gasteiger partial charge in [-0.25, -0.2) is 0 Å². The van der Waals surface area contributed by atoms with Crippen LogP contribution < -0.4 is 10.6 Å². The van der Waals surface area contributed by atoms with Crippen molar-refractivity contribution in [3.8, 4) is 0 Å². The molecule has 0 N–H and O–H groups in total. The molecule has 187 valence electrons. The molecule has 1 aromatic rings. The molecule has 0 saturated carbocycles. The Morgan fingerprint density at radius 3 is 1.12 bits per heavy atom. The van der Waals surface area contributed by atoms with Crippen LogP contribution in [0.2, 0.25) is 0 Å². The minimum absolute atomic E-state index is 0. The van der Waals surface area contributed by atoms with Crippen LogP contribution in [0.1, 0.15) is 59.8 Å². The normalized spacial score (nSPS) is 32.7. The topological polar surface area (TPSA) is 0 Å². The molecule has 1 radical (unpaired) electrons. The maximum atomic E-state index is 9.75. The molecule has 2 bridgehead atoms. The average Bonchev–Trinajstić information content (AvgIpc) is 3.49. The van der Waals surface area contributed by atoms with E-state index >= 15 is 0 Å². The zero-order chi connectivity index (χ0) is 23.5. The summed E-state index contributed by atoms with van der Waals surface area (Å²) >= 11 is 0. The zero-order valence-electron chi connectivity index (χ0n) is 19.9. The van der Waals surface area contributed by atoms with Gasteiger partial charge in [0.05, 0.1) is 0 Å². The summed E-state index contributed by atoms with van der Waals surface area (Å²) in [5.74, 6) is 1.62. The predicted octanol–water partition coefficient (Wildman–Crippen LogP) is 8.09. The van der Waals surface area contributed by atoms with Crippen molar-refractivity contribution < 1.29 is 36.7 Å². The van der Waals surface area contributed by atoms with Gasteiger partial charge in [0.1, 0.15) is 0 Å². The number of rotatable bonds is 2. The first-order valence-electron chi connectivity index (χ1n) is 11.9. The fourth-order valence-corrected chi connectivity index (χ4v) is 12.8. The first-order chi connectivity index (χ1) is 15.0. The van der Waals surface area contributed by atoms with Gasteiger partial charge in [0.2, 0.25) is 0 Å². The van der Waals surface area contributed by atoms with Gasteiger partial charge >= 0.3 is 7.25 Å². The Morgan fingerprint density at radius 1 is 0.636 bits per heavy atom. The molecule has 2 heterocycles. The molecule has 0 nitrogen and oxygen atoms in total. The molecule has 2 aliphatic carbocycles. The Labute approximate surface area is 212 Å². The quantitative estimate of drug-likeness (QED) is 0.142. The predicted molar refractivity (Wildman–Crippen MR) is 136 cm³/mol. The standard InChI is InChI=1S/C18H28P2.C7H8.BF4.Rh/c1-13-9-10-14(2)19(13)17-7-5-6-8-18(17)20-15(3)11-12-16(20)4;1-2-7-4-3-6(1)5-7;2-1(3,4)5;/h5-8,13-16H,9-12H2,1-4H3;1-4,6-7H,5H2;;/q;;-1;/t13-,14-,15-,16-;;;/m0.../s1. The molecule has 5 rings (SSSR count). The van der Waals surface area contributed by atoms with Gasteiger partial charge in [-0.15, -0.1) is 0 Å². The third-order valence-corrected chi connectivity index (χ3v) is 14.0. The van der Waals surface area contributed by atoms with Crippen LogP contribution in [0.25, 0.3) is 0 Å². The van der Waals surface area contributed by atoms with Crippen LogP contribution in [0.4, 0.5) is 17.3 Å². The molecule has 4 aliphatic rings. The van der Waals surface area contributed by atoms with E-state index in [1.165, 1.54) is 32.1 Å². The molecule has 2 saturated heterocycles. The molecule has 2 fully saturated rings. The fraction of sp³-hybridized carbons (Fsp3) is 0.600. The summed E-state index contributed by atoms with van der Waals surface area (Å²) in [5.41, 5.74) is 3.74. The SMILES string of the molecule is C1=CC2C=CC1C2.C[C@H]1CC[C@H](C)P1c1ccccc1P1[C@@H](C)CC[C@@H]1C.F[B-](F)(F)F.[Rh]. The van der Waals surface area contributed by atoms with Gasteiger partial charge < -0.3 is 17.3 Å². The summed E-state index contributed by atoms with van der Waals surface area (Å²) in [6.45, 7) is 10.0. The summed E-state index contributed by atoms with van der Waals surface area (Å²) in [6, 6.07) is 9.55. The van der Waals surface area contributed by atoms with Crippen LogP contribution in [0.15, 0.2) is 48.6 Å². The summed E-state index contributed by atoms with van der Waals surface area (Å²) in [6.07, 6.45) is 16.3. The van der Waals surface area contributed by atoms with Gasteiger partial charge in [-0.05, 0) is 77.2 Å². The Hall–Kier alpha value is -0.0317. The van der Waals surface area contributed by atoms with E-state index in [9.17, 15) is 17.3 Å². The third kappa shape index (κ3) is 8.26. The largest absolute Gasteiger partial charge is 0.673 e. The maximum Gasteiger partial charge on any atom is 0.673 e. The van der Waals surface area contributed by atoms with Crippen molar-refractivity contribution in [3.63, 3.8) is 0 Å². The molecule has 4 atom stereocenters. The molecule has 1 aromatic carbocycles. The number of benzene rings is 1. The second-order valence-electron chi connectivity index (χ2n) is 9.68. The van der Waals surface area contributed by atoms with Crippen molar-refractivity contribution in [1.29, 1.82) is 0 Å². The van der Waals surface area contributed by atoms with Crippen LogP contribution in [-0.2, 0) is 19.5 Å². The van der Waals surface area contributed by atoms with Gasteiger partial charge in [0, 0.05) is 19.5 Å². The molecule has 8 heteroatoms. The van der Waals surface area contributed by atoms with Crippen molar-refractivity contribution in [1.82, 2.24) is 0 Å². The summed E-state index contributed by atoms with van der Waals surface area (Å²) < 4.78 is 39.0. The first-order valence-corrected chi connectivity index (χ1v) is 14.9. The second kappa shape index (κ2) is 12.8.